The Hall–Kier alpha value is -2.36. The summed E-state index contributed by atoms with van der Waals surface area (Å²) in [6.07, 6.45) is 4.35. The summed E-state index contributed by atoms with van der Waals surface area (Å²) in [6, 6.07) is 11.3. The van der Waals surface area contributed by atoms with Gasteiger partial charge in [0.25, 0.3) is 5.91 Å². The van der Waals surface area contributed by atoms with Gasteiger partial charge in [0, 0.05) is 30.4 Å². The van der Waals surface area contributed by atoms with E-state index >= 15 is 0 Å². The average molecular weight is 284 g/mol. The summed E-state index contributed by atoms with van der Waals surface area (Å²) < 4.78 is 5.71. The zero-order chi connectivity index (χ0) is 15.1. The molecule has 0 fully saturated rings. The van der Waals surface area contributed by atoms with E-state index in [0.717, 1.165) is 6.42 Å². The van der Waals surface area contributed by atoms with Gasteiger partial charge in [-0.3, -0.25) is 9.78 Å². The first kappa shape index (κ1) is 15.0. The molecule has 1 heterocycles. The second-order valence-electron chi connectivity index (χ2n) is 5.11. The minimum absolute atomic E-state index is 0.0791. The van der Waals surface area contributed by atoms with E-state index in [4.69, 9.17) is 4.74 Å². The molecule has 2 aromatic rings. The number of ether oxygens (including phenoxy) is 1. The van der Waals surface area contributed by atoms with E-state index in [2.05, 4.69) is 10.3 Å². The van der Waals surface area contributed by atoms with Gasteiger partial charge in [-0.25, -0.2) is 0 Å². The SMILES string of the molecule is CC(C)NC(=O)c1cccc(OCCc2ccncc2)c1. The van der Waals surface area contributed by atoms with Crippen LogP contribution in [-0.2, 0) is 6.42 Å². The van der Waals surface area contributed by atoms with E-state index in [0.29, 0.717) is 17.9 Å². The number of hydrogen-bond acceptors (Lipinski definition) is 3. The van der Waals surface area contributed by atoms with Crippen LogP contribution in [0.15, 0.2) is 48.8 Å². The largest absolute Gasteiger partial charge is 0.493 e. The van der Waals surface area contributed by atoms with Crippen LogP contribution in [-0.4, -0.2) is 23.5 Å². The second-order valence-corrected chi connectivity index (χ2v) is 5.11. The molecule has 0 atom stereocenters. The number of nitrogens with one attached hydrogen (secondary N) is 1. The normalized spacial score (nSPS) is 10.4. The lowest BCUT2D eigenvalue weighted by atomic mass is 10.2. The van der Waals surface area contributed by atoms with E-state index in [-0.39, 0.29) is 11.9 Å². The van der Waals surface area contributed by atoms with Crippen molar-refractivity contribution in [2.75, 3.05) is 6.61 Å². The van der Waals surface area contributed by atoms with Crippen LogP contribution in [0.2, 0.25) is 0 Å². The number of aromatic nitrogens is 1. The average Bonchev–Trinajstić information content (AvgIpc) is 2.48. The topological polar surface area (TPSA) is 51.2 Å². The van der Waals surface area contributed by atoms with Crippen LogP contribution in [0.5, 0.6) is 5.75 Å². The van der Waals surface area contributed by atoms with Gasteiger partial charge in [-0.1, -0.05) is 6.07 Å². The van der Waals surface area contributed by atoms with Crippen LogP contribution in [0.1, 0.15) is 29.8 Å². The fourth-order valence-corrected chi connectivity index (χ4v) is 1.91. The molecule has 0 bridgehead atoms. The molecule has 0 aliphatic heterocycles. The molecule has 1 aromatic carbocycles. The fourth-order valence-electron chi connectivity index (χ4n) is 1.91. The van der Waals surface area contributed by atoms with Crippen molar-refractivity contribution >= 4 is 5.91 Å². The number of amides is 1. The maximum absolute atomic E-state index is 11.9. The van der Waals surface area contributed by atoms with Crippen molar-refractivity contribution in [2.24, 2.45) is 0 Å². The standard InChI is InChI=1S/C17H20N2O2/c1-13(2)19-17(20)15-4-3-5-16(12-15)21-11-8-14-6-9-18-10-7-14/h3-7,9-10,12-13H,8,11H2,1-2H3,(H,19,20). The highest BCUT2D eigenvalue weighted by molar-refractivity contribution is 5.94. The Morgan fingerprint density at radius 3 is 2.71 bits per heavy atom. The maximum Gasteiger partial charge on any atom is 0.251 e. The molecular weight excluding hydrogens is 264 g/mol. The summed E-state index contributed by atoms with van der Waals surface area (Å²) in [6.45, 7) is 4.44. The summed E-state index contributed by atoms with van der Waals surface area (Å²) in [4.78, 5) is 15.9. The number of pyridine rings is 1. The summed E-state index contributed by atoms with van der Waals surface area (Å²) in [5.41, 5.74) is 1.80. The molecule has 21 heavy (non-hydrogen) atoms. The third kappa shape index (κ3) is 4.91. The zero-order valence-electron chi connectivity index (χ0n) is 12.4. The minimum Gasteiger partial charge on any atom is -0.493 e. The van der Waals surface area contributed by atoms with Gasteiger partial charge >= 0.3 is 0 Å². The molecule has 0 radical (unpaired) electrons. The molecule has 0 unspecified atom stereocenters. The Morgan fingerprint density at radius 2 is 2.00 bits per heavy atom. The number of benzene rings is 1. The molecule has 0 aliphatic rings. The van der Waals surface area contributed by atoms with Gasteiger partial charge in [0.15, 0.2) is 0 Å². The predicted octanol–water partition coefficient (Wildman–Crippen LogP) is 2.84. The van der Waals surface area contributed by atoms with Gasteiger partial charge in [0.2, 0.25) is 0 Å². The molecular formula is C17H20N2O2. The van der Waals surface area contributed by atoms with Crippen molar-refractivity contribution in [3.8, 4) is 5.75 Å². The highest BCUT2D eigenvalue weighted by atomic mass is 16.5. The van der Waals surface area contributed by atoms with Gasteiger partial charge in [0.1, 0.15) is 5.75 Å². The smallest absolute Gasteiger partial charge is 0.251 e. The van der Waals surface area contributed by atoms with Crippen LogP contribution >= 0.6 is 0 Å². The summed E-state index contributed by atoms with van der Waals surface area (Å²) in [7, 11) is 0. The highest BCUT2D eigenvalue weighted by Gasteiger charge is 2.07. The first-order valence-electron chi connectivity index (χ1n) is 7.08. The number of rotatable bonds is 6. The summed E-state index contributed by atoms with van der Waals surface area (Å²) >= 11 is 0. The van der Waals surface area contributed by atoms with Crippen LogP contribution in [0.4, 0.5) is 0 Å². The van der Waals surface area contributed by atoms with Gasteiger partial charge < -0.3 is 10.1 Å². The van der Waals surface area contributed by atoms with E-state index in [1.807, 2.05) is 38.1 Å². The predicted molar refractivity (Wildman–Crippen MR) is 82.5 cm³/mol. The number of nitrogens with zero attached hydrogens (tertiary/aromatic N) is 1. The third-order valence-electron chi connectivity index (χ3n) is 2.92. The quantitative estimate of drug-likeness (QED) is 0.887. The molecule has 4 heteroatoms. The molecule has 0 saturated heterocycles. The molecule has 1 aromatic heterocycles. The van der Waals surface area contributed by atoms with Crippen molar-refractivity contribution in [3.05, 3.63) is 59.9 Å². The third-order valence-corrected chi connectivity index (χ3v) is 2.92. The molecule has 2 rings (SSSR count). The van der Waals surface area contributed by atoms with E-state index < -0.39 is 0 Å². The molecule has 1 amide bonds. The Bertz CT molecular complexity index is 582. The first-order chi connectivity index (χ1) is 10.1. The lowest BCUT2D eigenvalue weighted by Gasteiger charge is -2.10. The van der Waals surface area contributed by atoms with Crippen molar-refractivity contribution in [2.45, 2.75) is 26.3 Å². The molecule has 110 valence electrons. The number of hydrogen-bond donors (Lipinski definition) is 1. The van der Waals surface area contributed by atoms with Crippen molar-refractivity contribution in [1.29, 1.82) is 0 Å². The molecule has 0 aliphatic carbocycles. The number of carbonyl (C=O) groups excluding carboxylic acids is 1. The van der Waals surface area contributed by atoms with E-state index in [1.165, 1.54) is 5.56 Å². The first-order valence-corrected chi connectivity index (χ1v) is 7.08. The van der Waals surface area contributed by atoms with Crippen molar-refractivity contribution in [1.82, 2.24) is 10.3 Å². The van der Waals surface area contributed by atoms with Gasteiger partial charge in [-0.15, -0.1) is 0 Å². The van der Waals surface area contributed by atoms with Crippen molar-refractivity contribution < 1.29 is 9.53 Å². The second kappa shape index (κ2) is 7.43. The van der Waals surface area contributed by atoms with Crippen LogP contribution in [0.25, 0.3) is 0 Å². The lowest BCUT2D eigenvalue weighted by Crippen LogP contribution is -2.30. The van der Waals surface area contributed by atoms with Gasteiger partial charge in [-0.2, -0.15) is 0 Å². The molecule has 4 nitrogen and oxygen atoms in total. The summed E-state index contributed by atoms with van der Waals surface area (Å²) in [5.74, 6) is 0.630. The van der Waals surface area contributed by atoms with Crippen LogP contribution in [0.3, 0.4) is 0 Å². The lowest BCUT2D eigenvalue weighted by molar-refractivity contribution is 0.0942. The van der Waals surface area contributed by atoms with E-state index in [9.17, 15) is 4.79 Å². The van der Waals surface area contributed by atoms with Gasteiger partial charge in [-0.05, 0) is 49.7 Å². The van der Waals surface area contributed by atoms with Gasteiger partial charge in [0.05, 0.1) is 6.61 Å². The summed E-state index contributed by atoms with van der Waals surface area (Å²) in [5, 5.41) is 2.87. The Kier molecular flexibility index (Phi) is 5.32. The maximum atomic E-state index is 11.9. The van der Waals surface area contributed by atoms with E-state index in [1.54, 1.807) is 24.5 Å². The monoisotopic (exact) mass is 284 g/mol. The molecule has 0 saturated carbocycles. The molecule has 1 N–H and O–H groups in total. The Morgan fingerprint density at radius 1 is 1.24 bits per heavy atom. The van der Waals surface area contributed by atoms with Crippen LogP contribution < -0.4 is 10.1 Å². The van der Waals surface area contributed by atoms with Crippen LogP contribution in [0, 0.1) is 0 Å². The van der Waals surface area contributed by atoms with Crippen molar-refractivity contribution in [3.63, 3.8) is 0 Å². The number of carbonyl (C=O) groups is 1. The Labute approximate surface area is 125 Å². The zero-order valence-corrected chi connectivity index (χ0v) is 12.4. The Balaban J connectivity index is 1.90. The fraction of sp³-hybridized carbons (Fsp3) is 0.294. The minimum atomic E-state index is -0.0791. The highest BCUT2D eigenvalue weighted by Crippen LogP contribution is 2.14. The molecule has 0 spiro atoms.